The SMILES string of the molecule is CCCOc1ccc(C(CC)CCC(=O)CC)cc1C(C)(C)C. The first-order chi connectivity index (χ1) is 10.8. The van der Waals surface area contributed by atoms with Crippen LogP contribution in [0.5, 0.6) is 5.75 Å². The van der Waals surface area contributed by atoms with Crippen molar-refractivity contribution in [2.45, 2.75) is 85.0 Å². The third-order valence-corrected chi connectivity index (χ3v) is 4.40. The summed E-state index contributed by atoms with van der Waals surface area (Å²) in [7, 11) is 0. The van der Waals surface area contributed by atoms with Crippen molar-refractivity contribution < 1.29 is 9.53 Å². The Kier molecular flexibility index (Phi) is 7.81. The average Bonchev–Trinajstić information content (AvgIpc) is 2.52. The Bertz CT molecular complexity index is 497. The molecule has 1 unspecified atom stereocenters. The summed E-state index contributed by atoms with van der Waals surface area (Å²) < 4.78 is 5.94. The van der Waals surface area contributed by atoms with Gasteiger partial charge < -0.3 is 4.74 Å². The van der Waals surface area contributed by atoms with Gasteiger partial charge in [0.15, 0.2) is 0 Å². The summed E-state index contributed by atoms with van der Waals surface area (Å²) in [6.45, 7) is 13.7. The lowest BCUT2D eigenvalue weighted by Crippen LogP contribution is -2.15. The monoisotopic (exact) mass is 318 g/mol. The largest absolute Gasteiger partial charge is 0.493 e. The second-order valence-electron chi connectivity index (χ2n) is 7.39. The Morgan fingerprint density at radius 1 is 1.17 bits per heavy atom. The molecule has 0 aliphatic rings. The van der Waals surface area contributed by atoms with Crippen LogP contribution in [0.4, 0.5) is 0 Å². The molecule has 2 nitrogen and oxygen atoms in total. The van der Waals surface area contributed by atoms with Gasteiger partial charge >= 0.3 is 0 Å². The van der Waals surface area contributed by atoms with Crippen molar-refractivity contribution in [1.29, 1.82) is 0 Å². The third-order valence-electron chi connectivity index (χ3n) is 4.40. The van der Waals surface area contributed by atoms with Gasteiger partial charge in [-0.1, -0.05) is 53.7 Å². The number of hydrogen-bond donors (Lipinski definition) is 0. The minimum absolute atomic E-state index is 0.0522. The van der Waals surface area contributed by atoms with Crippen LogP contribution in [-0.4, -0.2) is 12.4 Å². The predicted molar refractivity (Wildman–Crippen MR) is 98.5 cm³/mol. The standard InChI is InChI=1S/C21H34O2/c1-7-14-23-20-13-11-17(15-19(20)21(4,5)6)16(8-2)10-12-18(22)9-3/h11,13,15-16H,7-10,12,14H2,1-6H3. The molecule has 1 rings (SSSR count). The summed E-state index contributed by atoms with van der Waals surface area (Å²) >= 11 is 0. The zero-order chi connectivity index (χ0) is 17.5. The molecule has 0 aliphatic heterocycles. The number of benzene rings is 1. The fourth-order valence-electron chi connectivity index (χ4n) is 2.84. The molecule has 0 saturated carbocycles. The second kappa shape index (κ2) is 9.10. The van der Waals surface area contributed by atoms with Crippen LogP contribution in [0.3, 0.4) is 0 Å². The Hall–Kier alpha value is -1.31. The lowest BCUT2D eigenvalue weighted by atomic mass is 9.82. The van der Waals surface area contributed by atoms with E-state index in [1.165, 1.54) is 11.1 Å². The van der Waals surface area contributed by atoms with E-state index in [2.05, 4.69) is 52.8 Å². The van der Waals surface area contributed by atoms with Crippen molar-refractivity contribution in [3.8, 4) is 5.75 Å². The summed E-state index contributed by atoms with van der Waals surface area (Å²) in [6.07, 6.45) is 4.36. The Balaban J connectivity index is 3.04. The topological polar surface area (TPSA) is 26.3 Å². The minimum Gasteiger partial charge on any atom is -0.493 e. The van der Waals surface area contributed by atoms with Crippen molar-refractivity contribution in [3.05, 3.63) is 29.3 Å². The van der Waals surface area contributed by atoms with Crippen LogP contribution < -0.4 is 4.74 Å². The van der Waals surface area contributed by atoms with Gasteiger partial charge in [-0.15, -0.1) is 0 Å². The smallest absolute Gasteiger partial charge is 0.132 e. The van der Waals surface area contributed by atoms with E-state index in [1.807, 2.05) is 6.92 Å². The lowest BCUT2D eigenvalue weighted by Gasteiger charge is -2.25. The number of hydrogen-bond acceptors (Lipinski definition) is 2. The first-order valence-electron chi connectivity index (χ1n) is 9.12. The maximum Gasteiger partial charge on any atom is 0.132 e. The van der Waals surface area contributed by atoms with E-state index in [4.69, 9.17) is 4.74 Å². The molecule has 0 bridgehead atoms. The third kappa shape index (κ3) is 6.01. The first-order valence-corrected chi connectivity index (χ1v) is 9.12. The summed E-state index contributed by atoms with van der Waals surface area (Å²) in [5.74, 6) is 1.82. The quantitative estimate of drug-likeness (QED) is 0.556. The average molecular weight is 319 g/mol. The van der Waals surface area contributed by atoms with Crippen LogP contribution in [0.2, 0.25) is 0 Å². The molecule has 0 aliphatic carbocycles. The van der Waals surface area contributed by atoms with Gasteiger partial charge in [-0.25, -0.2) is 0 Å². The fraction of sp³-hybridized carbons (Fsp3) is 0.667. The van der Waals surface area contributed by atoms with E-state index in [1.54, 1.807) is 0 Å². The Labute approximate surface area is 142 Å². The molecule has 1 aromatic rings. The predicted octanol–water partition coefficient (Wildman–Crippen LogP) is 6.03. The molecule has 0 amide bonds. The van der Waals surface area contributed by atoms with Gasteiger partial charge in [0.1, 0.15) is 11.5 Å². The zero-order valence-corrected chi connectivity index (χ0v) is 15.9. The van der Waals surface area contributed by atoms with E-state index < -0.39 is 0 Å². The molecular formula is C21H34O2. The number of ketones is 1. The van der Waals surface area contributed by atoms with Crippen molar-refractivity contribution in [1.82, 2.24) is 0 Å². The summed E-state index contributed by atoms with van der Waals surface area (Å²) in [6, 6.07) is 6.61. The summed E-state index contributed by atoms with van der Waals surface area (Å²) in [5, 5.41) is 0. The van der Waals surface area contributed by atoms with Crippen LogP contribution in [0, 0.1) is 0 Å². The number of Topliss-reactive ketones (excluding diaryl/α,β-unsaturated/α-hetero) is 1. The normalized spacial score (nSPS) is 13.0. The van der Waals surface area contributed by atoms with Gasteiger partial charge in [0.2, 0.25) is 0 Å². The molecule has 2 heteroatoms. The Morgan fingerprint density at radius 2 is 1.87 bits per heavy atom. The molecular weight excluding hydrogens is 284 g/mol. The molecule has 1 atom stereocenters. The Morgan fingerprint density at radius 3 is 2.39 bits per heavy atom. The maximum absolute atomic E-state index is 11.6. The van der Waals surface area contributed by atoms with Gasteiger partial charge in [-0.05, 0) is 47.8 Å². The van der Waals surface area contributed by atoms with Crippen LogP contribution in [-0.2, 0) is 10.2 Å². The molecule has 0 heterocycles. The maximum atomic E-state index is 11.6. The molecule has 23 heavy (non-hydrogen) atoms. The van der Waals surface area contributed by atoms with E-state index in [0.29, 0.717) is 24.5 Å². The van der Waals surface area contributed by atoms with Gasteiger partial charge in [-0.3, -0.25) is 4.79 Å². The highest BCUT2D eigenvalue weighted by Gasteiger charge is 2.21. The van der Waals surface area contributed by atoms with E-state index in [0.717, 1.165) is 31.6 Å². The highest BCUT2D eigenvalue weighted by atomic mass is 16.5. The molecule has 0 saturated heterocycles. The number of carbonyl (C=O) groups is 1. The summed E-state index contributed by atoms with van der Waals surface area (Å²) in [4.78, 5) is 11.6. The molecule has 0 fully saturated rings. The van der Waals surface area contributed by atoms with Gasteiger partial charge in [0.05, 0.1) is 6.61 Å². The lowest BCUT2D eigenvalue weighted by molar-refractivity contribution is -0.118. The van der Waals surface area contributed by atoms with Gasteiger partial charge in [0, 0.05) is 12.8 Å². The van der Waals surface area contributed by atoms with E-state index in [9.17, 15) is 4.79 Å². The van der Waals surface area contributed by atoms with Crippen molar-refractivity contribution in [2.24, 2.45) is 0 Å². The molecule has 0 N–H and O–H groups in total. The van der Waals surface area contributed by atoms with Crippen LogP contribution in [0.25, 0.3) is 0 Å². The van der Waals surface area contributed by atoms with Crippen molar-refractivity contribution in [2.75, 3.05) is 6.61 Å². The molecule has 0 aromatic heterocycles. The van der Waals surface area contributed by atoms with Gasteiger partial charge in [0.25, 0.3) is 0 Å². The molecule has 0 spiro atoms. The molecule has 1 aromatic carbocycles. The minimum atomic E-state index is 0.0522. The molecule has 130 valence electrons. The zero-order valence-electron chi connectivity index (χ0n) is 15.9. The number of rotatable bonds is 9. The van der Waals surface area contributed by atoms with Crippen LogP contribution in [0.15, 0.2) is 18.2 Å². The second-order valence-corrected chi connectivity index (χ2v) is 7.39. The number of carbonyl (C=O) groups excluding carboxylic acids is 1. The summed E-state index contributed by atoms with van der Waals surface area (Å²) in [5.41, 5.74) is 2.66. The fourth-order valence-corrected chi connectivity index (χ4v) is 2.84. The van der Waals surface area contributed by atoms with E-state index >= 15 is 0 Å². The van der Waals surface area contributed by atoms with Gasteiger partial charge in [-0.2, -0.15) is 0 Å². The van der Waals surface area contributed by atoms with Crippen molar-refractivity contribution >= 4 is 5.78 Å². The number of ether oxygens (including phenoxy) is 1. The van der Waals surface area contributed by atoms with Crippen LogP contribution in [0.1, 0.15) is 90.7 Å². The first kappa shape index (κ1) is 19.7. The molecule has 0 radical (unpaired) electrons. The van der Waals surface area contributed by atoms with Crippen molar-refractivity contribution in [3.63, 3.8) is 0 Å². The highest BCUT2D eigenvalue weighted by molar-refractivity contribution is 5.78. The highest BCUT2D eigenvalue weighted by Crippen LogP contribution is 2.36. The van der Waals surface area contributed by atoms with Crippen LogP contribution >= 0.6 is 0 Å². The van der Waals surface area contributed by atoms with E-state index in [-0.39, 0.29) is 5.41 Å².